The number of nitrogens with two attached hydrogens (primary N) is 2. The van der Waals surface area contributed by atoms with Crippen molar-refractivity contribution >= 4 is 17.1 Å². The second kappa shape index (κ2) is 5.26. The third-order valence-corrected chi connectivity index (χ3v) is 2.98. The molecule has 6 nitrogen and oxygen atoms in total. The van der Waals surface area contributed by atoms with Gasteiger partial charge >= 0.3 is 0 Å². The van der Waals surface area contributed by atoms with E-state index in [2.05, 4.69) is 10.2 Å². The lowest BCUT2D eigenvalue weighted by atomic mass is 10.2. The van der Waals surface area contributed by atoms with Crippen molar-refractivity contribution in [3.05, 3.63) is 10.0 Å². The topological polar surface area (TPSA) is 115 Å². The van der Waals surface area contributed by atoms with Crippen LogP contribution in [0.25, 0.3) is 0 Å². The molecule has 0 aliphatic rings. The Labute approximate surface area is 91.3 Å². The average Bonchev–Trinajstić information content (AvgIpc) is 2.64. The highest BCUT2D eigenvalue weighted by molar-refractivity contribution is 7.11. The van der Waals surface area contributed by atoms with Crippen LogP contribution in [-0.4, -0.2) is 27.7 Å². The zero-order chi connectivity index (χ0) is 11.4. The van der Waals surface area contributed by atoms with Crippen molar-refractivity contribution in [2.24, 2.45) is 11.5 Å². The molecule has 1 aromatic rings. The average molecular weight is 230 g/mol. The molecule has 7 heteroatoms. The number of Topliss-reactive ketones (excluding diaryl/α,β-unsaturated/α-hetero) is 1. The Morgan fingerprint density at radius 3 is 2.40 bits per heavy atom. The minimum absolute atomic E-state index is 0.00528. The molecule has 0 saturated carbocycles. The quantitative estimate of drug-likeness (QED) is 0.628. The van der Waals surface area contributed by atoms with Crippen LogP contribution in [0.3, 0.4) is 0 Å². The van der Waals surface area contributed by atoms with Crippen LogP contribution in [0.1, 0.15) is 35.4 Å². The van der Waals surface area contributed by atoms with Crippen molar-refractivity contribution in [3.8, 4) is 0 Å². The predicted octanol–water partition coefficient (Wildman–Crippen LogP) is -0.491. The molecule has 0 spiro atoms. The summed E-state index contributed by atoms with van der Waals surface area (Å²) in [4.78, 5) is 10.8. The van der Waals surface area contributed by atoms with Gasteiger partial charge in [-0.2, -0.15) is 0 Å². The number of carbonyl (C=O) groups is 1. The van der Waals surface area contributed by atoms with E-state index in [-0.39, 0.29) is 18.8 Å². The van der Waals surface area contributed by atoms with Crippen LogP contribution in [0.2, 0.25) is 0 Å². The monoisotopic (exact) mass is 230 g/mol. The van der Waals surface area contributed by atoms with E-state index in [1.54, 1.807) is 0 Å². The molecule has 1 heterocycles. The van der Waals surface area contributed by atoms with E-state index in [0.717, 1.165) is 0 Å². The highest BCUT2D eigenvalue weighted by Crippen LogP contribution is 2.22. The molecule has 2 atom stereocenters. The van der Waals surface area contributed by atoms with Gasteiger partial charge in [0.15, 0.2) is 0 Å². The molecule has 0 bridgehead atoms. The number of aliphatic hydroxyl groups is 1. The van der Waals surface area contributed by atoms with Crippen molar-refractivity contribution in [2.45, 2.75) is 25.4 Å². The van der Waals surface area contributed by atoms with Crippen LogP contribution in [-0.2, 0) is 4.79 Å². The fraction of sp³-hybridized carbons (Fsp3) is 0.625. The van der Waals surface area contributed by atoms with Crippen LogP contribution in [0.4, 0.5) is 0 Å². The summed E-state index contributed by atoms with van der Waals surface area (Å²) >= 11 is 1.23. The van der Waals surface area contributed by atoms with Gasteiger partial charge in [0.05, 0.1) is 18.7 Å². The fourth-order valence-corrected chi connectivity index (χ4v) is 1.86. The van der Waals surface area contributed by atoms with Crippen molar-refractivity contribution < 1.29 is 9.90 Å². The third kappa shape index (κ3) is 3.31. The summed E-state index contributed by atoms with van der Waals surface area (Å²) in [7, 11) is 0. The van der Waals surface area contributed by atoms with Gasteiger partial charge in [-0.25, -0.2) is 0 Å². The summed E-state index contributed by atoms with van der Waals surface area (Å²) in [6.45, 7) is 1.29. The molecule has 15 heavy (non-hydrogen) atoms. The SMILES string of the molecule is CC(=O)C[C@H](N)c1nnc([C@@H](N)CO)s1. The van der Waals surface area contributed by atoms with Crippen LogP contribution >= 0.6 is 11.3 Å². The molecular formula is C8H14N4O2S. The van der Waals surface area contributed by atoms with Crippen molar-refractivity contribution in [3.63, 3.8) is 0 Å². The van der Waals surface area contributed by atoms with E-state index in [4.69, 9.17) is 16.6 Å². The van der Waals surface area contributed by atoms with Crippen LogP contribution in [0, 0.1) is 0 Å². The first-order valence-corrected chi connectivity index (χ1v) is 5.31. The molecule has 0 fully saturated rings. The lowest BCUT2D eigenvalue weighted by Crippen LogP contribution is -2.14. The maximum absolute atomic E-state index is 10.8. The maximum Gasteiger partial charge on any atom is 0.136 e. The van der Waals surface area contributed by atoms with Gasteiger partial charge in [0.2, 0.25) is 0 Å². The summed E-state index contributed by atoms with van der Waals surface area (Å²) in [6, 6.07) is -0.958. The van der Waals surface area contributed by atoms with Gasteiger partial charge in [-0.3, -0.25) is 4.79 Å². The van der Waals surface area contributed by atoms with Crippen molar-refractivity contribution in [1.82, 2.24) is 10.2 Å². The summed E-state index contributed by atoms with van der Waals surface area (Å²) in [5.74, 6) is 0.00528. The van der Waals surface area contributed by atoms with Gasteiger partial charge < -0.3 is 16.6 Å². The van der Waals surface area contributed by atoms with Crippen molar-refractivity contribution in [2.75, 3.05) is 6.61 Å². The summed E-state index contributed by atoms with van der Waals surface area (Å²) in [6.07, 6.45) is 0.239. The number of rotatable bonds is 5. The van der Waals surface area contributed by atoms with Gasteiger partial charge in [-0.05, 0) is 6.92 Å². The maximum atomic E-state index is 10.8. The number of hydrogen-bond donors (Lipinski definition) is 3. The number of ketones is 1. The number of aromatic nitrogens is 2. The van der Waals surface area contributed by atoms with Crippen LogP contribution < -0.4 is 11.5 Å². The molecule has 0 radical (unpaired) electrons. The molecule has 0 aliphatic heterocycles. The summed E-state index contributed by atoms with van der Waals surface area (Å²) in [5.41, 5.74) is 11.3. The van der Waals surface area contributed by atoms with Crippen LogP contribution in [0.5, 0.6) is 0 Å². The Hall–Kier alpha value is -0.890. The molecule has 1 aromatic heterocycles. The van der Waals surface area contributed by atoms with E-state index >= 15 is 0 Å². The largest absolute Gasteiger partial charge is 0.394 e. The lowest BCUT2D eigenvalue weighted by Gasteiger charge is -2.04. The third-order valence-electron chi connectivity index (χ3n) is 1.79. The molecule has 0 amide bonds. The van der Waals surface area contributed by atoms with E-state index in [1.165, 1.54) is 18.3 Å². The summed E-state index contributed by atoms with van der Waals surface area (Å²) < 4.78 is 0. The molecular weight excluding hydrogens is 216 g/mol. The molecule has 5 N–H and O–H groups in total. The number of carbonyl (C=O) groups excluding carboxylic acids is 1. The minimum Gasteiger partial charge on any atom is -0.394 e. The second-order valence-electron chi connectivity index (χ2n) is 3.28. The Balaban J connectivity index is 2.70. The first kappa shape index (κ1) is 12.2. The van der Waals surface area contributed by atoms with E-state index < -0.39 is 12.1 Å². The van der Waals surface area contributed by atoms with Gasteiger partial charge in [0.1, 0.15) is 15.8 Å². The van der Waals surface area contributed by atoms with Crippen LogP contribution in [0.15, 0.2) is 0 Å². The fourth-order valence-electron chi connectivity index (χ4n) is 1.02. The van der Waals surface area contributed by atoms with Gasteiger partial charge in [0.25, 0.3) is 0 Å². The molecule has 0 aliphatic carbocycles. The normalized spacial score (nSPS) is 14.9. The van der Waals surface area contributed by atoms with Gasteiger partial charge in [-0.15, -0.1) is 10.2 Å². The van der Waals surface area contributed by atoms with E-state index in [1.807, 2.05) is 0 Å². The lowest BCUT2D eigenvalue weighted by molar-refractivity contribution is -0.117. The van der Waals surface area contributed by atoms with Gasteiger partial charge in [0, 0.05) is 6.42 Å². The standard InChI is InChI=1S/C8H14N4O2S/c1-4(14)2-5(9)7-11-12-8(15-7)6(10)3-13/h5-6,13H,2-3,9-10H2,1H3/t5-,6-/m0/s1. The molecule has 0 saturated heterocycles. The Kier molecular flexibility index (Phi) is 4.28. The van der Waals surface area contributed by atoms with Crippen molar-refractivity contribution in [1.29, 1.82) is 0 Å². The molecule has 84 valence electrons. The zero-order valence-electron chi connectivity index (χ0n) is 8.38. The second-order valence-corrected chi connectivity index (χ2v) is 4.32. The Morgan fingerprint density at radius 2 is 1.93 bits per heavy atom. The predicted molar refractivity (Wildman–Crippen MR) is 56.1 cm³/mol. The number of hydrogen-bond acceptors (Lipinski definition) is 7. The first-order chi connectivity index (χ1) is 7.04. The molecule has 0 unspecified atom stereocenters. The minimum atomic E-state index is -0.527. The number of nitrogens with zero attached hydrogens (tertiary/aromatic N) is 2. The highest BCUT2D eigenvalue weighted by Gasteiger charge is 2.17. The first-order valence-electron chi connectivity index (χ1n) is 4.49. The Morgan fingerprint density at radius 1 is 1.40 bits per heavy atom. The number of aliphatic hydroxyl groups excluding tert-OH is 1. The molecule has 1 rings (SSSR count). The molecule has 0 aromatic carbocycles. The highest BCUT2D eigenvalue weighted by atomic mass is 32.1. The van der Waals surface area contributed by atoms with E-state index in [0.29, 0.717) is 10.0 Å². The Bertz CT molecular complexity index is 341. The zero-order valence-corrected chi connectivity index (χ0v) is 9.20. The summed E-state index contributed by atoms with van der Waals surface area (Å²) in [5, 5.41) is 17.6. The van der Waals surface area contributed by atoms with E-state index in [9.17, 15) is 4.79 Å². The van der Waals surface area contributed by atoms with Gasteiger partial charge in [-0.1, -0.05) is 11.3 Å². The smallest absolute Gasteiger partial charge is 0.136 e.